The quantitative estimate of drug-likeness (QED) is 0.568. The minimum atomic E-state index is -0.567. The predicted molar refractivity (Wildman–Crippen MR) is 94.0 cm³/mol. The van der Waals surface area contributed by atoms with Crippen LogP contribution in [0.5, 0.6) is 0 Å². The van der Waals surface area contributed by atoms with Gasteiger partial charge in [-0.3, -0.25) is 9.59 Å². The number of hydrogen-bond acceptors (Lipinski definition) is 2. The maximum Gasteiger partial charge on any atom is 0.227 e. The number of carbonyl (C=O) groups is 2. The first-order valence-corrected chi connectivity index (χ1v) is 8.73. The zero-order valence-electron chi connectivity index (χ0n) is 13.8. The Morgan fingerprint density at radius 3 is 2.64 bits per heavy atom. The molecular weight excluding hydrogens is 342 g/mol. The Morgan fingerprint density at radius 1 is 1.36 bits per heavy atom. The van der Waals surface area contributed by atoms with E-state index in [1.165, 1.54) is 0 Å². The third kappa shape index (κ3) is 3.43. The lowest BCUT2D eigenvalue weighted by Gasteiger charge is -2.23. The van der Waals surface area contributed by atoms with Gasteiger partial charge in [-0.15, -0.1) is 0 Å². The Labute approximate surface area is 141 Å². The Hall–Kier alpha value is -1.16. The SMILES string of the molecule is CCCCC(=O)N1c2ccc(C(=O)C(C)(C)Br)cc2CC1C. The van der Waals surface area contributed by atoms with Crippen molar-refractivity contribution in [3.05, 3.63) is 29.3 Å². The lowest BCUT2D eigenvalue weighted by molar-refractivity contribution is -0.119. The molecule has 1 unspecified atom stereocenters. The van der Waals surface area contributed by atoms with Crippen LogP contribution in [0, 0.1) is 0 Å². The highest BCUT2D eigenvalue weighted by Crippen LogP contribution is 2.35. The molecule has 1 aliphatic heterocycles. The van der Waals surface area contributed by atoms with Crippen LogP contribution < -0.4 is 4.90 Å². The molecule has 0 spiro atoms. The second-order valence-electron chi connectivity index (χ2n) is 6.57. The molecule has 1 aliphatic rings. The van der Waals surface area contributed by atoms with Crippen LogP contribution >= 0.6 is 15.9 Å². The number of amides is 1. The van der Waals surface area contributed by atoms with Crippen LogP contribution in [0.3, 0.4) is 0 Å². The average Bonchev–Trinajstić information content (AvgIpc) is 2.77. The van der Waals surface area contributed by atoms with Gasteiger partial charge in [-0.25, -0.2) is 0 Å². The van der Waals surface area contributed by atoms with E-state index in [0.717, 1.165) is 30.5 Å². The molecular formula is C18H24BrNO2. The Bertz CT molecular complexity index is 589. The number of benzene rings is 1. The van der Waals surface area contributed by atoms with Crippen LogP contribution in [0.2, 0.25) is 0 Å². The minimum absolute atomic E-state index is 0.0683. The molecule has 2 rings (SSSR count). The van der Waals surface area contributed by atoms with Crippen molar-refractivity contribution >= 4 is 33.3 Å². The summed E-state index contributed by atoms with van der Waals surface area (Å²) >= 11 is 3.42. The molecule has 3 nitrogen and oxygen atoms in total. The molecule has 4 heteroatoms. The smallest absolute Gasteiger partial charge is 0.227 e. The topological polar surface area (TPSA) is 37.4 Å². The van der Waals surface area contributed by atoms with Gasteiger partial charge in [0.05, 0.1) is 4.32 Å². The summed E-state index contributed by atoms with van der Waals surface area (Å²) in [5, 5.41) is 0. The maximum absolute atomic E-state index is 12.4. The normalized spacial score (nSPS) is 17.5. The lowest BCUT2D eigenvalue weighted by atomic mass is 9.98. The average molecular weight is 366 g/mol. The van der Waals surface area contributed by atoms with E-state index in [0.29, 0.717) is 12.0 Å². The molecule has 22 heavy (non-hydrogen) atoms. The van der Waals surface area contributed by atoms with Crippen LogP contribution in [-0.2, 0) is 11.2 Å². The molecule has 1 atom stereocenters. The molecule has 1 aromatic rings. The van der Waals surface area contributed by atoms with Crippen molar-refractivity contribution in [2.45, 2.75) is 63.7 Å². The summed E-state index contributed by atoms with van der Waals surface area (Å²) in [5.41, 5.74) is 2.77. The molecule has 0 bridgehead atoms. The van der Waals surface area contributed by atoms with E-state index in [1.54, 1.807) is 0 Å². The van der Waals surface area contributed by atoms with Gasteiger partial charge in [-0.2, -0.15) is 0 Å². The van der Waals surface area contributed by atoms with Gasteiger partial charge in [0.15, 0.2) is 5.78 Å². The predicted octanol–water partition coefficient (Wildman–Crippen LogP) is 4.51. The van der Waals surface area contributed by atoms with Crippen LogP contribution in [0.1, 0.15) is 62.9 Å². The second-order valence-corrected chi connectivity index (χ2v) is 8.55. The van der Waals surface area contributed by atoms with Gasteiger partial charge in [-0.05, 0) is 57.4 Å². The summed E-state index contributed by atoms with van der Waals surface area (Å²) in [6.07, 6.45) is 3.35. The van der Waals surface area contributed by atoms with E-state index in [1.807, 2.05) is 36.9 Å². The molecule has 0 saturated heterocycles. The summed E-state index contributed by atoms with van der Waals surface area (Å²) in [7, 11) is 0. The molecule has 1 amide bonds. The van der Waals surface area contributed by atoms with Gasteiger partial charge in [0.1, 0.15) is 0 Å². The summed E-state index contributed by atoms with van der Waals surface area (Å²) < 4.78 is -0.567. The number of rotatable bonds is 5. The van der Waals surface area contributed by atoms with Crippen molar-refractivity contribution < 1.29 is 9.59 Å². The number of carbonyl (C=O) groups excluding carboxylic acids is 2. The van der Waals surface area contributed by atoms with E-state index in [2.05, 4.69) is 29.8 Å². The first-order chi connectivity index (χ1) is 10.3. The fourth-order valence-electron chi connectivity index (χ4n) is 2.94. The Balaban J connectivity index is 2.28. The highest BCUT2D eigenvalue weighted by Gasteiger charge is 2.32. The van der Waals surface area contributed by atoms with Gasteiger partial charge in [0, 0.05) is 23.7 Å². The van der Waals surface area contributed by atoms with E-state index in [4.69, 9.17) is 0 Å². The van der Waals surface area contributed by atoms with Gasteiger partial charge in [0.2, 0.25) is 5.91 Å². The molecule has 0 N–H and O–H groups in total. The highest BCUT2D eigenvalue weighted by molar-refractivity contribution is 9.10. The summed E-state index contributed by atoms with van der Waals surface area (Å²) in [5.74, 6) is 0.256. The maximum atomic E-state index is 12.4. The summed E-state index contributed by atoms with van der Waals surface area (Å²) in [6.45, 7) is 7.87. The van der Waals surface area contributed by atoms with Gasteiger partial charge < -0.3 is 4.90 Å². The number of anilines is 1. The molecule has 1 heterocycles. The molecule has 0 radical (unpaired) electrons. The lowest BCUT2D eigenvalue weighted by Crippen LogP contribution is -2.35. The van der Waals surface area contributed by atoms with E-state index in [-0.39, 0.29) is 17.7 Å². The largest absolute Gasteiger partial charge is 0.309 e. The molecule has 0 aromatic heterocycles. The fourth-order valence-corrected chi connectivity index (χ4v) is 3.17. The molecule has 120 valence electrons. The zero-order chi connectivity index (χ0) is 16.5. The number of unbranched alkanes of at least 4 members (excludes halogenated alkanes) is 1. The second kappa shape index (κ2) is 6.53. The van der Waals surface area contributed by atoms with E-state index in [9.17, 15) is 9.59 Å². The molecule has 0 aliphatic carbocycles. The van der Waals surface area contributed by atoms with Crippen molar-refractivity contribution in [1.29, 1.82) is 0 Å². The number of alkyl halides is 1. The third-order valence-corrected chi connectivity index (χ3v) is 4.47. The van der Waals surface area contributed by atoms with Gasteiger partial charge >= 0.3 is 0 Å². The number of fused-ring (bicyclic) bond motifs is 1. The number of halogens is 1. The summed E-state index contributed by atoms with van der Waals surface area (Å²) in [6, 6.07) is 5.88. The minimum Gasteiger partial charge on any atom is -0.309 e. The molecule has 0 saturated carbocycles. The van der Waals surface area contributed by atoms with Crippen molar-refractivity contribution in [3.63, 3.8) is 0 Å². The number of hydrogen-bond donors (Lipinski definition) is 0. The Morgan fingerprint density at radius 2 is 2.05 bits per heavy atom. The van der Waals surface area contributed by atoms with Crippen molar-refractivity contribution in [2.24, 2.45) is 0 Å². The van der Waals surface area contributed by atoms with Crippen LogP contribution in [0.25, 0.3) is 0 Å². The zero-order valence-corrected chi connectivity index (χ0v) is 15.4. The van der Waals surface area contributed by atoms with E-state index >= 15 is 0 Å². The first kappa shape index (κ1) is 17.2. The van der Waals surface area contributed by atoms with Gasteiger partial charge in [-0.1, -0.05) is 29.3 Å². The summed E-state index contributed by atoms with van der Waals surface area (Å²) in [4.78, 5) is 26.7. The standard InChI is InChI=1S/C18H24BrNO2/c1-5-6-7-16(21)20-12(2)10-14-11-13(8-9-15(14)20)17(22)18(3,4)19/h8-9,11-12H,5-7,10H2,1-4H3. The van der Waals surface area contributed by atoms with Crippen molar-refractivity contribution in [1.82, 2.24) is 0 Å². The van der Waals surface area contributed by atoms with Crippen molar-refractivity contribution in [2.75, 3.05) is 4.90 Å². The monoisotopic (exact) mass is 365 g/mol. The number of Topliss-reactive ketones (excluding diaryl/α,β-unsaturated/α-hetero) is 1. The Kier molecular flexibility index (Phi) is 5.10. The third-order valence-electron chi connectivity index (χ3n) is 4.11. The fraction of sp³-hybridized carbons (Fsp3) is 0.556. The molecule has 0 fully saturated rings. The van der Waals surface area contributed by atoms with Gasteiger partial charge in [0.25, 0.3) is 0 Å². The van der Waals surface area contributed by atoms with E-state index < -0.39 is 4.32 Å². The molecule has 1 aromatic carbocycles. The highest BCUT2D eigenvalue weighted by atomic mass is 79.9. The number of nitrogens with zero attached hydrogens (tertiary/aromatic N) is 1. The van der Waals surface area contributed by atoms with Crippen LogP contribution in [-0.4, -0.2) is 22.1 Å². The first-order valence-electron chi connectivity index (χ1n) is 7.94. The van der Waals surface area contributed by atoms with Crippen LogP contribution in [0.15, 0.2) is 18.2 Å². The number of ketones is 1. The van der Waals surface area contributed by atoms with Crippen molar-refractivity contribution in [3.8, 4) is 0 Å². The van der Waals surface area contributed by atoms with Crippen LogP contribution in [0.4, 0.5) is 5.69 Å².